The van der Waals surface area contributed by atoms with E-state index in [4.69, 9.17) is 9.15 Å². The van der Waals surface area contributed by atoms with Crippen LogP contribution in [-0.4, -0.2) is 29.9 Å². The van der Waals surface area contributed by atoms with Crippen molar-refractivity contribution < 1.29 is 18.7 Å². The van der Waals surface area contributed by atoms with Crippen molar-refractivity contribution in [3.63, 3.8) is 0 Å². The van der Waals surface area contributed by atoms with Gasteiger partial charge >= 0.3 is 0 Å². The quantitative estimate of drug-likeness (QED) is 0.674. The van der Waals surface area contributed by atoms with E-state index in [9.17, 15) is 9.59 Å². The molecule has 2 heterocycles. The molecule has 1 N–H and O–H groups in total. The molecule has 0 saturated heterocycles. The number of carbonyl (C=O) groups excluding carboxylic acids is 2. The summed E-state index contributed by atoms with van der Waals surface area (Å²) in [5.74, 6) is 1.60. The van der Waals surface area contributed by atoms with Crippen molar-refractivity contribution in [2.24, 2.45) is 0 Å². The van der Waals surface area contributed by atoms with Gasteiger partial charge in [0.25, 0.3) is 0 Å². The lowest BCUT2D eigenvalue weighted by Gasteiger charge is -2.24. The van der Waals surface area contributed by atoms with Crippen LogP contribution in [0.15, 0.2) is 65.1 Å². The van der Waals surface area contributed by atoms with Crippen molar-refractivity contribution in [2.45, 2.75) is 26.5 Å². The minimum atomic E-state index is -0.198. The smallest absolute Gasteiger partial charge is 0.250 e. The first-order valence-electron chi connectivity index (χ1n) is 9.97. The van der Waals surface area contributed by atoms with E-state index in [1.807, 2.05) is 65.6 Å². The Hall–Kier alpha value is -3.38. The molecule has 1 aliphatic heterocycles. The number of nitrogens with zero attached hydrogens (tertiary/aromatic N) is 1. The molecule has 0 aliphatic carbocycles. The van der Waals surface area contributed by atoms with Crippen molar-refractivity contribution in [1.29, 1.82) is 0 Å². The normalized spacial score (nSPS) is 13.0. The molecule has 0 atom stereocenters. The van der Waals surface area contributed by atoms with Crippen LogP contribution in [0, 0.1) is 0 Å². The van der Waals surface area contributed by atoms with E-state index in [2.05, 4.69) is 5.32 Å². The number of ether oxygens (including phenoxy) is 1. The summed E-state index contributed by atoms with van der Waals surface area (Å²) in [5, 5.41) is 2.84. The highest BCUT2D eigenvalue weighted by Crippen LogP contribution is 2.30. The second-order valence-electron chi connectivity index (χ2n) is 7.35. The number of hydrogen-bond donors (Lipinski definition) is 1. The van der Waals surface area contributed by atoms with Gasteiger partial charge in [-0.05, 0) is 35.9 Å². The molecule has 0 bridgehead atoms. The molecule has 6 nitrogen and oxygen atoms in total. The van der Waals surface area contributed by atoms with Crippen molar-refractivity contribution >= 4 is 17.5 Å². The van der Waals surface area contributed by atoms with Gasteiger partial charge in [0.05, 0.1) is 6.61 Å². The fourth-order valence-corrected chi connectivity index (χ4v) is 3.49. The van der Waals surface area contributed by atoms with Gasteiger partial charge in [-0.25, -0.2) is 0 Å². The van der Waals surface area contributed by atoms with E-state index in [0.29, 0.717) is 25.4 Å². The van der Waals surface area contributed by atoms with Crippen LogP contribution in [0.25, 0.3) is 11.3 Å². The zero-order valence-electron chi connectivity index (χ0n) is 16.9. The van der Waals surface area contributed by atoms with E-state index in [-0.39, 0.29) is 18.4 Å². The van der Waals surface area contributed by atoms with Crippen LogP contribution in [0.5, 0.6) is 0 Å². The second kappa shape index (κ2) is 8.97. The molecule has 0 saturated carbocycles. The summed E-state index contributed by atoms with van der Waals surface area (Å²) in [4.78, 5) is 25.5. The number of furan rings is 1. The van der Waals surface area contributed by atoms with Crippen LogP contribution in [0.4, 0.5) is 5.69 Å². The maximum Gasteiger partial charge on any atom is 0.250 e. The number of nitrogens with one attached hydrogen (secondary N) is 1. The topological polar surface area (TPSA) is 71.8 Å². The zero-order chi connectivity index (χ0) is 20.9. The molecule has 1 aliphatic rings. The minimum absolute atomic E-state index is 0.00576. The van der Waals surface area contributed by atoms with Gasteiger partial charge in [-0.15, -0.1) is 0 Å². The van der Waals surface area contributed by atoms with Crippen molar-refractivity contribution in [1.82, 2.24) is 4.90 Å². The predicted octanol–water partition coefficient (Wildman–Crippen LogP) is 4.01. The average molecular weight is 404 g/mol. The van der Waals surface area contributed by atoms with Crippen LogP contribution in [0.2, 0.25) is 0 Å². The molecule has 1 aromatic heterocycles. The monoisotopic (exact) mass is 404 g/mol. The van der Waals surface area contributed by atoms with Gasteiger partial charge in [0.15, 0.2) is 0 Å². The third-order valence-corrected chi connectivity index (χ3v) is 5.11. The standard InChI is InChI=1S/C24H24N2O4/c1-17(27)26-12-11-22-20(14-26)13-23(30-22)19-7-9-21(10-8-19)25-24(28)16-29-15-18-5-3-2-4-6-18/h2-10,13H,11-12,14-16H2,1H3,(H,25,28). The molecule has 30 heavy (non-hydrogen) atoms. The Balaban J connectivity index is 1.32. The number of amides is 2. The van der Waals surface area contributed by atoms with Crippen LogP contribution < -0.4 is 5.32 Å². The minimum Gasteiger partial charge on any atom is -0.461 e. The van der Waals surface area contributed by atoms with Gasteiger partial charge in [0.1, 0.15) is 18.1 Å². The third-order valence-electron chi connectivity index (χ3n) is 5.11. The van der Waals surface area contributed by atoms with E-state index in [1.54, 1.807) is 6.92 Å². The summed E-state index contributed by atoms with van der Waals surface area (Å²) in [6.07, 6.45) is 0.728. The first-order chi connectivity index (χ1) is 14.6. The number of carbonyl (C=O) groups is 2. The van der Waals surface area contributed by atoms with E-state index in [0.717, 1.165) is 34.6 Å². The summed E-state index contributed by atoms with van der Waals surface area (Å²) in [6, 6.07) is 19.2. The molecule has 6 heteroatoms. The maximum atomic E-state index is 12.1. The zero-order valence-corrected chi connectivity index (χ0v) is 16.9. The summed E-state index contributed by atoms with van der Waals surface area (Å²) in [5.41, 5.74) is 3.71. The Bertz CT molecular complexity index is 1030. The molecule has 0 spiro atoms. The summed E-state index contributed by atoms with van der Waals surface area (Å²) >= 11 is 0. The van der Waals surface area contributed by atoms with E-state index in [1.165, 1.54) is 0 Å². The molecular formula is C24H24N2O4. The molecule has 4 rings (SSSR count). The van der Waals surface area contributed by atoms with Gasteiger partial charge in [0, 0.05) is 43.2 Å². The predicted molar refractivity (Wildman–Crippen MR) is 114 cm³/mol. The number of fused-ring (bicyclic) bond motifs is 1. The van der Waals surface area contributed by atoms with E-state index >= 15 is 0 Å². The maximum absolute atomic E-state index is 12.1. The highest BCUT2D eigenvalue weighted by Gasteiger charge is 2.22. The highest BCUT2D eigenvalue weighted by atomic mass is 16.5. The van der Waals surface area contributed by atoms with Gasteiger partial charge < -0.3 is 19.4 Å². The molecule has 2 amide bonds. The van der Waals surface area contributed by atoms with Crippen LogP contribution >= 0.6 is 0 Å². The Morgan fingerprint density at radius 2 is 1.87 bits per heavy atom. The third kappa shape index (κ3) is 4.78. The molecule has 0 fully saturated rings. The van der Waals surface area contributed by atoms with Gasteiger partial charge in [0.2, 0.25) is 11.8 Å². The number of benzene rings is 2. The molecular weight excluding hydrogens is 380 g/mol. The molecule has 2 aromatic carbocycles. The number of hydrogen-bond acceptors (Lipinski definition) is 4. The van der Waals surface area contributed by atoms with E-state index < -0.39 is 0 Å². The van der Waals surface area contributed by atoms with Gasteiger partial charge in [-0.1, -0.05) is 30.3 Å². The SMILES string of the molecule is CC(=O)N1CCc2oc(-c3ccc(NC(=O)COCc4ccccc4)cc3)cc2C1. The lowest BCUT2D eigenvalue weighted by Crippen LogP contribution is -2.33. The van der Waals surface area contributed by atoms with Crippen LogP contribution in [0.3, 0.4) is 0 Å². The fourth-order valence-electron chi connectivity index (χ4n) is 3.49. The second-order valence-corrected chi connectivity index (χ2v) is 7.35. The van der Waals surface area contributed by atoms with Crippen LogP contribution in [-0.2, 0) is 33.9 Å². The van der Waals surface area contributed by atoms with Crippen molar-refractivity contribution in [3.8, 4) is 11.3 Å². The van der Waals surface area contributed by atoms with Gasteiger partial charge in [-0.3, -0.25) is 9.59 Å². The molecule has 0 unspecified atom stereocenters. The van der Waals surface area contributed by atoms with Gasteiger partial charge in [-0.2, -0.15) is 0 Å². The summed E-state index contributed by atoms with van der Waals surface area (Å²) in [6.45, 7) is 3.26. The first kappa shape index (κ1) is 19.9. The molecule has 154 valence electrons. The fraction of sp³-hybridized carbons (Fsp3) is 0.250. The first-order valence-corrected chi connectivity index (χ1v) is 9.97. The van der Waals surface area contributed by atoms with Crippen molar-refractivity contribution in [2.75, 3.05) is 18.5 Å². The largest absolute Gasteiger partial charge is 0.461 e. The highest BCUT2D eigenvalue weighted by molar-refractivity contribution is 5.91. The lowest BCUT2D eigenvalue weighted by molar-refractivity contribution is -0.129. The molecule has 0 radical (unpaired) electrons. The number of rotatable bonds is 6. The number of anilines is 1. The Kier molecular flexibility index (Phi) is 5.95. The molecule has 3 aromatic rings. The van der Waals surface area contributed by atoms with Crippen molar-refractivity contribution in [3.05, 3.63) is 77.6 Å². The van der Waals surface area contributed by atoms with Crippen LogP contribution in [0.1, 0.15) is 23.8 Å². The lowest BCUT2D eigenvalue weighted by atomic mass is 10.1. The summed E-state index contributed by atoms with van der Waals surface area (Å²) < 4.78 is 11.5. The Labute approximate surface area is 175 Å². The Morgan fingerprint density at radius 3 is 2.60 bits per heavy atom. The Morgan fingerprint density at radius 1 is 1.10 bits per heavy atom. The summed E-state index contributed by atoms with van der Waals surface area (Å²) in [7, 11) is 0. The average Bonchev–Trinajstić information content (AvgIpc) is 3.18.